The summed E-state index contributed by atoms with van der Waals surface area (Å²) in [6.07, 6.45) is 0.208. The summed E-state index contributed by atoms with van der Waals surface area (Å²) in [5.41, 5.74) is 0.793. The Bertz CT molecular complexity index is 394. The van der Waals surface area contributed by atoms with E-state index in [4.69, 9.17) is 0 Å². The van der Waals surface area contributed by atoms with Crippen LogP contribution >= 0.6 is 22.7 Å². The van der Waals surface area contributed by atoms with Gasteiger partial charge in [-0.3, -0.25) is 0 Å². The first-order valence-electron chi connectivity index (χ1n) is 4.38. The molecule has 0 aliphatic heterocycles. The lowest BCUT2D eigenvalue weighted by Gasteiger charge is -2.04. The van der Waals surface area contributed by atoms with Gasteiger partial charge in [-0.15, -0.1) is 22.7 Å². The Morgan fingerprint density at radius 2 is 2.36 bits per heavy atom. The first-order valence-corrected chi connectivity index (χ1v) is 6.14. The maximum atomic E-state index is 9.86. The zero-order chi connectivity index (χ0) is 9.97. The van der Waals surface area contributed by atoms with Crippen molar-refractivity contribution in [3.8, 4) is 0 Å². The Hall–Kier alpha value is -0.710. The quantitative estimate of drug-likeness (QED) is 0.871. The van der Waals surface area contributed by atoms with Gasteiger partial charge in [-0.1, -0.05) is 6.07 Å². The molecule has 4 heteroatoms. The number of rotatable bonds is 3. The van der Waals surface area contributed by atoms with Crippen LogP contribution in [0.15, 0.2) is 22.9 Å². The lowest BCUT2D eigenvalue weighted by Crippen LogP contribution is -2.00. The van der Waals surface area contributed by atoms with Gasteiger partial charge in [0.2, 0.25) is 0 Å². The van der Waals surface area contributed by atoms with Crippen molar-refractivity contribution >= 4 is 22.7 Å². The molecule has 2 aromatic rings. The third kappa shape index (κ3) is 2.20. The number of aryl methyl sites for hydroxylation is 1. The molecule has 0 bridgehead atoms. The van der Waals surface area contributed by atoms with Gasteiger partial charge in [-0.05, 0) is 18.4 Å². The fourth-order valence-electron chi connectivity index (χ4n) is 1.26. The Labute approximate surface area is 90.9 Å². The summed E-state index contributed by atoms with van der Waals surface area (Å²) >= 11 is 3.25. The second-order valence-corrected chi connectivity index (χ2v) is 5.19. The molecular weight excluding hydrogens is 214 g/mol. The van der Waals surface area contributed by atoms with Gasteiger partial charge in [-0.25, -0.2) is 4.98 Å². The summed E-state index contributed by atoms with van der Waals surface area (Å²) in [5, 5.41) is 14.8. The lowest BCUT2D eigenvalue weighted by atomic mass is 10.2. The van der Waals surface area contributed by atoms with E-state index in [1.807, 2.05) is 29.8 Å². The lowest BCUT2D eigenvalue weighted by molar-refractivity contribution is 0.175. The molecule has 2 aromatic heterocycles. The van der Waals surface area contributed by atoms with E-state index in [2.05, 4.69) is 4.98 Å². The molecule has 0 aliphatic rings. The summed E-state index contributed by atoms with van der Waals surface area (Å²) in [6, 6.07) is 4.03. The highest BCUT2D eigenvalue weighted by Crippen LogP contribution is 2.22. The molecule has 1 atom stereocenters. The number of thiophene rings is 1. The van der Waals surface area contributed by atoms with Gasteiger partial charge in [0.15, 0.2) is 0 Å². The van der Waals surface area contributed by atoms with Gasteiger partial charge >= 0.3 is 0 Å². The van der Waals surface area contributed by atoms with E-state index in [1.165, 1.54) is 4.88 Å². The zero-order valence-electron chi connectivity index (χ0n) is 7.80. The molecule has 1 N–H and O–H groups in total. The van der Waals surface area contributed by atoms with E-state index in [1.54, 1.807) is 22.7 Å². The summed E-state index contributed by atoms with van der Waals surface area (Å²) < 4.78 is 0. The molecule has 0 aliphatic carbocycles. The molecule has 14 heavy (non-hydrogen) atoms. The monoisotopic (exact) mass is 225 g/mol. The summed E-state index contributed by atoms with van der Waals surface area (Å²) in [6.45, 7) is 1.95. The highest BCUT2D eigenvalue weighted by Gasteiger charge is 2.11. The zero-order valence-corrected chi connectivity index (χ0v) is 9.44. The third-order valence-electron chi connectivity index (χ3n) is 1.95. The van der Waals surface area contributed by atoms with Crippen molar-refractivity contribution in [3.05, 3.63) is 38.5 Å². The number of aliphatic hydroxyl groups is 1. The van der Waals surface area contributed by atoms with Crippen molar-refractivity contribution in [2.75, 3.05) is 0 Å². The molecule has 0 radical (unpaired) electrons. The first-order chi connectivity index (χ1) is 6.75. The van der Waals surface area contributed by atoms with Gasteiger partial charge in [0, 0.05) is 16.7 Å². The topological polar surface area (TPSA) is 33.1 Å². The van der Waals surface area contributed by atoms with Crippen molar-refractivity contribution in [2.24, 2.45) is 0 Å². The van der Waals surface area contributed by atoms with Crippen molar-refractivity contribution in [2.45, 2.75) is 19.4 Å². The molecule has 0 spiro atoms. The van der Waals surface area contributed by atoms with Gasteiger partial charge in [-0.2, -0.15) is 0 Å². The van der Waals surface area contributed by atoms with Crippen molar-refractivity contribution in [1.29, 1.82) is 0 Å². The third-order valence-corrected chi connectivity index (χ3v) is 3.64. The highest BCUT2D eigenvalue weighted by atomic mass is 32.1. The molecule has 0 aromatic carbocycles. The molecule has 1 unspecified atom stereocenters. The van der Waals surface area contributed by atoms with Gasteiger partial charge < -0.3 is 5.11 Å². The minimum absolute atomic E-state index is 0.460. The van der Waals surface area contributed by atoms with Crippen LogP contribution in [0.2, 0.25) is 0 Å². The summed E-state index contributed by atoms with van der Waals surface area (Å²) in [4.78, 5) is 5.46. The minimum atomic E-state index is -0.460. The summed E-state index contributed by atoms with van der Waals surface area (Å²) in [7, 11) is 0. The Balaban J connectivity index is 2.06. The molecule has 0 saturated heterocycles. The van der Waals surface area contributed by atoms with E-state index >= 15 is 0 Å². The maximum absolute atomic E-state index is 9.86. The van der Waals surface area contributed by atoms with Crippen LogP contribution < -0.4 is 0 Å². The van der Waals surface area contributed by atoms with Crippen LogP contribution in [0.4, 0.5) is 0 Å². The molecule has 0 saturated carbocycles. The minimum Gasteiger partial charge on any atom is -0.386 e. The Morgan fingerprint density at radius 1 is 1.50 bits per heavy atom. The Kier molecular flexibility index (Phi) is 2.96. The SMILES string of the molecule is Cc1nc(C(O)Cc2cccs2)cs1. The molecule has 74 valence electrons. The van der Waals surface area contributed by atoms with Crippen molar-refractivity contribution in [3.63, 3.8) is 0 Å². The molecule has 2 rings (SSSR count). The second-order valence-electron chi connectivity index (χ2n) is 3.09. The number of aromatic nitrogens is 1. The molecule has 2 nitrogen and oxygen atoms in total. The van der Waals surface area contributed by atoms with E-state index in [0.717, 1.165) is 10.7 Å². The van der Waals surface area contributed by atoms with E-state index in [-0.39, 0.29) is 0 Å². The average Bonchev–Trinajstić information content (AvgIpc) is 2.75. The number of aliphatic hydroxyl groups excluding tert-OH is 1. The molecule has 0 amide bonds. The van der Waals surface area contributed by atoms with E-state index < -0.39 is 6.10 Å². The van der Waals surface area contributed by atoms with Crippen LogP contribution in [0, 0.1) is 6.92 Å². The van der Waals surface area contributed by atoms with Crippen LogP contribution in [0.3, 0.4) is 0 Å². The van der Waals surface area contributed by atoms with Crippen molar-refractivity contribution < 1.29 is 5.11 Å². The number of hydrogen-bond donors (Lipinski definition) is 1. The van der Waals surface area contributed by atoms with Crippen LogP contribution in [0.5, 0.6) is 0 Å². The van der Waals surface area contributed by atoms with Crippen molar-refractivity contribution in [1.82, 2.24) is 4.98 Å². The van der Waals surface area contributed by atoms with E-state index in [0.29, 0.717) is 6.42 Å². The highest BCUT2D eigenvalue weighted by molar-refractivity contribution is 7.10. The number of nitrogens with zero attached hydrogens (tertiary/aromatic N) is 1. The van der Waals surface area contributed by atoms with Gasteiger partial charge in [0.1, 0.15) is 6.10 Å². The largest absolute Gasteiger partial charge is 0.386 e. The maximum Gasteiger partial charge on any atom is 0.102 e. The van der Waals surface area contributed by atoms with E-state index in [9.17, 15) is 5.11 Å². The molecule has 0 fully saturated rings. The first kappa shape index (κ1) is 9.83. The van der Waals surface area contributed by atoms with Crippen LogP contribution in [-0.2, 0) is 6.42 Å². The predicted molar refractivity (Wildman–Crippen MR) is 59.8 cm³/mol. The van der Waals surface area contributed by atoms with Gasteiger partial charge in [0.05, 0.1) is 10.7 Å². The van der Waals surface area contributed by atoms with Crippen LogP contribution in [0.25, 0.3) is 0 Å². The summed E-state index contributed by atoms with van der Waals surface area (Å²) in [5.74, 6) is 0. The Morgan fingerprint density at radius 3 is 2.93 bits per heavy atom. The number of thiazole rings is 1. The van der Waals surface area contributed by atoms with Crippen LogP contribution in [-0.4, -0.2) is 10.1 Å². The average molecular weight is 225 g/mol. The van der Waals surface area contributed by atoms with Crippen LogP contribution in [0.1, 0.15) is 21.7 Å². The molecular formula is C10H11NOS2. The van der Waals surface area contributed by atoms with Gasteiger partial charge in [0.25, 0.3) is 0 Å². The standard InChI is InChI=1S/C10H11NOS2/c1-7-11-9(6-14-7)10(12)5-8-3-2-4-13-8/h2-4,6,10,12H,5H2,1H3. The fourth-order valence-corrected chi connectivity index (χ4v) is 2.66. The second kappa shape index (κ2) is 4.21. The fraction of sp³-hybridized carbons (Fsp3) is 0.300. The number of hydrogen-bond acceptors (Lipinski definition) is 4. The predicted octanol–water partition coefficient (Wildman–Crippen LogP) is 2.79. The molecule has 2 heterocycles. The smallest absolute Gasteiger partial charge is 0.102 e. The normalized spacial score (nSPS) is 13.0.